The van der Waals surface area contributed by atoms with Crippen LogP contribution in [0.15, 0.2) is 0 Å². The van der Waals surface area contributed by atoms with Gasteiger partial charge in [0.05, 0.1) is 0 Å². The highest BCUT2D eigenvalue weighted by Gasteiger charge is 2.23. The Morgan fingerprint density at radius 2 is 1.78 bits per heavy atom. The second kappa shape index (κ2) is 7.49. The van der Waals surface area contributed by atoms with Gasteiger partial charge in [0.2, 0.25) is 0 Å². The van der Waals surface area contributed by atoms with Crippen molar-refractivity contribution >= 4 is 0 Å². The molecule has 0 bridgehead atoms. The summed E-state index contributed by atoms with van der Waals surface area (Å²) in [5.41, 5.74) is 0. The fourth-order valence-corrected chi connectivity index (χ4v) is 3.78. The van der Waals surface area contributed by atoms with Crippen molar-refractivity contribution in [1.82, 2.24) is 10.2 Å². The van der Waals surface area contributed by atoms with E-state index in [0.717, 1.165) is 18.0 Å². The first-order valence-corrected chi connectivity index (χ1v) is 8.28. The van der Waals surface area contributed by atoms with Gasteiger partial charge in [-0.2, -0.15) is 0 Å². The van der Waals surface area contributed by atoms with Crippen LogP contribution in [-0.4, -0.2) is 36.6 Å². The third-order valence-electron chi connectivity index (χ3n) is 5.12. The van der Waals surface area contributed by atoms with Gasteiger partial charge in [0.1, 0.15) is 0 Å². The quantitative estimate of drug-likeness (QED) is 0.825. The molecule has 2 nitrogen and oxygen atoms in total. The lowest BCUT2D eigenvalue weighted by Gasteiger charge is -2.31. The van der Waals surface area contributed by atoms with E-state index in [1.54, 1.807) is 0 Å². The molecule has 0 aromatic carbocycles. The lowest BCUT2D eigenvalue weighted by Crippen LogP contribution is -2.42. The molecule has 106 valence electrons. The summed E-state index contributed by atoms with van der Waals surface area (Å²) in [5, 5.41) is 3.95. The summed E-state index contributed by atoms with van der Waals surface area (Å²) in [6.45, 7) is 8.56. The predicted octanol–water partition coefficient (Wildman–Crippen LogP) is 3.42. The highest BCUT2D eigenvalue weighted by molar-refractivity contribution is 4.81. The first kappa shape index (κ1) is 14.3. The Labute approximate surface area is 114 Å². The summed E-state index contributed by atoms with van der Waals surface area (Å²) >= 11 is 0. The van der Waals surface area contributed by atoms with Crippen molar-refractivity contribution in [3.63, 3.8) is 0 Å². The third kappa shape index (κ3) is 4.24. The summed E-state index contributed by atoms with van der Waals surface area (Å²) < 4.78 is 0. The topological polar surface area (TPSA) is 15.3 Å². The van der Waals surface area contributed by atoms with E-state index >= 15 is 0 Å². The maximum atomic E-state index is 3.95. The molecule has 1 heterocycles. The smallest absolute Gasteiger partial charge is 0.00823 e. The number of nitrogens with zero attached hydrogens (tertiary/aromatic N) is 1. The van der Waals surface area contributed by atoms with Gasteiger partial charge < -0.3 is 10.2 Å². The summed E-state index contributed by atoms with van der Waals surface area (Å²) in [6, 6.07) is 1.52. The maximum Gasteiger partial charge on any atom is 0.00823 e. The summed E-state index contributed by atoms with van der Waals surface area (Å²) in [7, 11) is 0. The molecule has 1 saturated carbocycles. The molecule has 1 aliphatic carbocycles. The summed E-state index contributed by atoms with van der Waals surface area (Å²) in [4.78, 5) is 2.60. The van der Waals surface area contributed by atoms with Crippen LogP contribution in [0, 0.1) is 5.92 Å². The number of hydrogen-bond acceptors (Lipinski definition) is 2. The zero-order valence-electron chi connectivity index (χ0n) is 12.5. The molecule has 18 heavy (non-hydrogen) atoms. The summed E-state index contributed by atoms with van der Waals surface area (Å²) in [6.07, 6.45) is 11.4. The molecule has 1 unspecified atom stereocenters. The van der Waals surface area contributed by atoms with Crippen molar-refractivity contribution in [1.29, 1.82) is 0 Å². The van der Waals surface area contributed by atoms with E-state index in [0.29, 0.717) is 0 Å². The van der Waals surface area contributed by atoms with E-state index in [9.17, 15) is 0 Å². The standard InChI is InChI=1S/C16H32N2/c1-3-18-12-7-10-16(11-13-18)17-14(2)15-8-5-4-6-9-15/h14-17H,3-13H2,1-2H3/t14-,16?/m1/s1. The Morgan fingerprint density at radius 1 is 1.00 bits per heavy atom. The molecular formula is C16H32N2. The molecule has 1 N–H and O–H groups in total. The SMILES string of the molecule is CCN1CCCC(N[C@H](C)C2CCCCC2)CC1. The van der Waals surface area contributed by atoms with Gasteiger partial charge in [0.25, 0.3) is 0 Å². The molecule has 2 heteroatoms. The second-order valence-corrected chi connectivity index (χ2v) is 6.42. The Kier molecular flexibility index (Phi) is 5.97. The third-order valence-corrected chi connectivity index (χ3v) is 5.12. The van der Waals surface area contributed by atoms with E-state index < -0.39 is 0 Å². The normalized spacial score (nSPS) is 30.0. The van der Waals surface area contributed by atoms with Crippen molar-refractivity contribution in [2.75, 3.05) is 19.6 Å². The fraction of sp³-hybridized carbons (Fsp3) is 1.00. The van der Waals surface area contributed by atoms with Crippen molar-refractivity contribution in [3.8, 4) is 0 Å². The molecule has 2 rings (SSSR count). The lowest BCUT2D eigenvalue weighted by molar-refractivity contribution is 0.253. The highest BCUT2D eigenvalue weighted by atomic mass is 15.1. The Morgan fingerprint density at radius 3 is 2.50 bits per heavy atom. The van der Waals surface area contributed by atoms with Gasteiger partial charge in [-0.1, -0.05) is 26.2 Å². The average molecular weight is 252 g/mol. The minimum atomic E-state index is 0.739. The zero-order valence-corrected chi connectivity index (χ0v) is 12.5. The van der Waals surface area contributed by atoms with Crippen LogP contribution in [0.2, 0.25) is 0 Å². The van der Waals surface area contributed by atoms with Crippen LogP contribution in [0.25, 0.3) is 0 Å². The Hall–Kier alpha value is -0.0800. The van der Waals surface area contributed by atoms with Gasteiger partial charge >= 0.3 is 0 Å². The van der Waals surface area contributed by atoms with Crippen LogP contribution in [0.3, 0.4) is 0 Å². The van der Waals surface area contributed by atoms with Crippen LogP contribution in [0.5, 0.6) is 0 Å². The molecule has 0 spiro atoms. The first-order valence-electron chi connectivity index (χ1n) is 8.28. The average Bonchev–Trinajstić information content (AvgIpc) is 2.65. The lowest BCUT2D eigenvalue weighted by atomic mass is 9.84. The van der Waals surface area contributed by atoms with Gasteiger partial charge in [0.15, 0.2) is 0 Å². The number of nitrogens with one attached hydrogen (secondary N) is 1. The molecule has 2 aliphatic rings. The van der Waals surface area contributed by atoms with Crippen LogP contribution in [0.1, 0.15) is 65.2 Å². The van der Waals surface area contributed by atoms with Crippen LogP contribution in [0.4, 0.5) is 0 Å². The Bertz CT molecular complexity index is 223. The highest BCUT2D eigenvalue weighted by Crippen LogP contribution is 2.27. The molecule has 1 saturated heterocycles. The number of hydrogen-bond donors (Lipinski definition) is 1. The second-order valence-electron chi connectivity index (χ2n) is 6.42. The molecule has 0 radical (unpaired) electrons. The maximum absolute atomic E-state index is 3.95. The monoisotopic (exact) mass is 252 g/mol. The minimum Gasteiger partial charge on any atom is -0.311 e. The molecule has 0 amide bonds. The fourth-order valence-electron chi connectivity index (χ4n) is 3.78. The van der Waals surface area contributed by atoms with E-state index in [1.165, 1.54) is 71.0 Å². The van der Waals surface area contributed by atoms with Gasteiger partial charge in [0, 0.05) is 12.1 Å². The zero-order chi connectivity index (χ0) is 12.8. The number of rotatable bonds is 4. The predicted molar refractivity (Wildman–Crippen MR) is 78.9 cm³/mol. The molecule has 0 aromatic heterocycles. The largest absolute Gasteiger partial charge is 0.311 e. The Balaban J connectivity index is 1.74. The molecule has 2 atom stereocenters. The first-order chi connectivity index (χ1) is 8.79. The van der Waals surface area contributed by atoms with Crippen molar-refractivity contribution < 1.29 is 0 Å². The van der Waals surface area contributed by atoms with Crippen molar-refractivity contribution in [2.45, 2.75) is 77.3 Å². The van der Waals surface area contributed by atoms with Crippen LogP contribution in [-0.2, 0) is 0 Å². The van der Waals surface area contributed by atoms with Gasteiger partial charge in [-0.25, -0.2) is 0 Å². The molecular weight excluding hydrogens is 220 g/mol. The van der Waals surface area contributed by atoms with Crippen LogP contribution >= 0.6 is 0 Å². The summed E-state index contributed by atoms with van der Waals surface area (Å²) in [5.74, 6) is 0.948. The minimum absolute atomic E-state index is 0.739. The van der Waals surface area contributed by atoms with E-state index in [2.05, 4.69) is 24.1 Å². The van der Waals surface area contributed by atoms with Crippen LogP contribution < -0.4 is 5.32 Å². The van der Waals surface area contributed by atoms with E-state index in [4.69, 9.17) is 0 Å². The van der Waals surface area contributed by atoms with E-state index in [1.807, 2.05) is 0 Å². The molecule has 2 fully saturated rings. The van der Waals surface area contributed by atoms with Gasteiger partial charge in [-0.3, -0.25) is 0 Å². The van der Waals surface area contributed by atoms with Gasteiger partial charge in [-0.15, -0.1) is 0 Å². The van der Waals surface area contributed by atoms with Crippen molar-refractivity contribution in [3.05, 3.63) is 0 Å². The van der Waals surface area contributed by atoms with E-state index in [-0.39, 0.29) is 0 Å². The van der Waals surface area contributed by atoms with Crippen molar-refractivity contribution in [2.24, 2.45) is 5.92 Å². The number of likely N-dealkylation sites (tertiary alicyclic amines) is 1. The molecule has 1 aliphatic heterocycles. The van der Waals surface area contributed by atoms with Gasteiger partial charge in [-0.05, 0) is 64.6 Å². The molecule has 0 aromatic rings.